The highest BCUT2D eigenvalue weighted by atomic mass is 16.2. The average Bonchev–Trinajstić information content (AvgIpc) is 2.40. The molecule has 2 saturated heterocycles. The van der Waals surface area contributed by atoms with E-state index in [1.54, 1.807) is 6.92 Å². The molecule has 0 aliphatic carbocycles. The zero-order valence-corrected chi connectivity index (χ0v) is 11.8. The lowest BCUT2D eigenvalue weighted by Crippen LogP contribution is -2.49. The molecule has 0 aromatic carbocycles. The molecule has 1 unspecified atom stereocenters. The summed E-state index contributed by atoms with van der Waals surface area (Å²) in [6.45, 7) is 5.88. The predicted octanol–water partition coefficient (Wildman–Crippen LogP) is 1.07. The maximum Gasteiger partial charge on any atom is 0.219 e. The van der Waals surface area contributed by atoms with E-state index in [-0.39, 0.29) is 5.91 Å². The minimum atomic E-state index is 0.227. The van der Waals surface area contributed by atoms with Crippen molar-refractivity contribution in [3.05, 3.63) is 0 Å². The molecule has 0 aromatic heterocycles. The Balaban J connectivity index is 1.73. The minimum Gasteiger partial charge on any atom is -0.343 e. The molecule has 0 saturated carbocycles. The van der Waals surface area contributed by atoms with Gasteiger partial charge in [0.15, 0.2) is 0 Å². The zero-order chi connectivity index (χ0) is 13.0. The Labute approximate surface area is 111 Å². The Morgan fingerprint density at radius 2 is 2.00 bits per heavy atom. The van der Waals surface area contributed by atoms with Crippen molar-refractivity contribution >= 4 is 5.91 Å². The molecule has 0 radical (unpaired) electrons. The molecule has 0 bridgehead atoms. The number of amides is 1. The highest BCUT2D eigenvalue weighted by Gasteiger charge is 2.25. The lowest BCUT2D eigenvalue weighted by molar-refractivity contribution is -0.130. The SMILES string of the molecule is CC(=O)N1CCC(N(C)CC2CCCCN2)CC1. The van der Waals surface area contributed by atoms with Gasteiger partial charge in [0.05, 0.1) is 0 Å². The fraction of sp³-hybridized carbons (Fsp3) is 0.929. The van der Waals surface area contributed by atoms with Gasteiger partial charge in [-0.3, -0.25) is 4.79 Å². The molecule has 1 amide bonds. The minimum absolute atomic E-state index is 0.227. The van der Waals surface area contributed by atoms with Gasteiger partial charge in [-0.1, -0.05) is 6.42 Å². The first-order valence-electron chi connectivity index (χ1n) is 7.36. The largest absolute Gasteiger partial charge is 0.343 e. The van der Waals surface area contributed by atoms with Crippen LogP contribution in [0.25, 0.3) is 0 Å². The van der Waals surface area contributed by atoms with Gasteiger partial charge in [0.1, 0.15) is 0 Å². The first-order valence-corrected chi connectivity index (χ1v) is 7.36. The smallest absolute Gasteiger partial charge is 0.219 e. The van der Waals surface area contributed by atoms with Crippen molar-refractivity contribution in [2.75, 3.05) is 33.2 Å². The number of carbonyl (C=O) groups excluding carboxylic acids is 1. The van der Waals surface area contributed by atoms with E-state index in [1.807, 2.05) is 4.90 Å². The molecule has 2 fully saturated rings. The number of nitrogens with one attached hydrogen (secondary N) is 1. The second kappa shape index (κ2) is 6.53. The van der Waals surface area contributed by atoms with Gasteiger partial charge in [-0.05, 0) is 39.3 Å². The Hall–Kier alpha value is -0.610. The molecule has 2 aliphatic rings. The van der Waals surface area contributed by atoms with Gasteiger partial charge in [-0.25, -0.2) is 0 Å². The predicted molar refractivity (Wildman–Crippen MR) is 73.5 cm³/mol. The van der Waals surface area contributed by atoms with Gasteiger partial charge < -0.3 is 15.1 Å². The van der Waals surface area contributed by atoms with Crippen LogP contribution in [-0.4, -0.2) is 61.0 Å². The van der Waals surface area contributed by atoms with Gasteiger partial charge in [-0.2, -0.15) is 0 Å². The van der Waals surface area contributed by atoms with Crippen LogP contribution in [-0.2, 0) is 4.79 Å². The molecule has 18 heavy (non-hydrogen) atoms. The van der Waals surface area contributed by atoms with Gasteiger partial charge >= 0.3 is 0 Å². The fourth-order valence-electron chi connectivity index (χ4n) is 3.20. The van der Waals surface area contributed by atoms with Crippen LogP contribution < -0.4 is 5.32 Å². The Morgan fingerprint density at radius 1 is 1.28 bits per heavy atom. The van der Waals surface area contributed by atoms with E-state index in [0.29, 0.717) is 12.1 Å². The summed E-state index contributed by atoms with van der Waals surface area (Å²) in [6.07, 6.45) is 6.27. The third-order valence-electron chi connectivity index (χ3n) is 4.45. The number of piperidine rings is 2. The summed E-state index contributed by atoms with van der Waals surface area (Å²) in [5.41, 5.74) is 0. The standard InChI is InChI=1S/C14H27N3O/c1-12(18)17-9-6-14(7-10-17)16(2)11-13-5-3-4-8-15-13/h13-15H,3-11H2,1-2H3. The van der Waals surface area contributed by atoms with Gasteiger partial charge in [0, 0.05) is 38.6 Å². The van der Waals surface area contributed by atoms with Crippen LogP contribution >= 0.6 is 0 Å². The van der Waals surface area contributed by atoms with Gasteiger partial charge in [0.25, 0.3) is 0 Å². The van der Waals surface area contributed by atoms with Crippen LogP contribution in [0.3, 0.4) is 0 Å². The third kappa shape index (κ3) is 3.69. The Morgan fingerprint density at radius 3 is 2.56 bits per heavy atom. The summed E-state index contributed by atoms with van der Waals surface area (Å²) in [6, 6.07) is 1.33. The quantitative estimate of drug-likeness (QED) is 0.817. The van der Waals surface area contributed by atoms with E-state index in [0.717, 1.165) is 32.5 Å². The van der Waals surface area contributed by atoms with Crippen LogP contribution in [0.5, 0.6) is 0 Å². The maximum atomic E-state index is 11.3. The fourth-order valence-corrected chi connectivity index (χ4v) is 3.20. The number of likely N-dealkylation sites (tertiary alicyclic amines) is 1. The van der Waals surface area contributed by atoms with Crippen molar-refractivity contribution in [1.29, 1.82) is 0 Å². The van der Waals surface area contributed by atoms with E-state index in [1.165, 1.54) is 25.8 Å². The zero-order valence-electron chi connectivity index (χ0n) is 11.8. The van der Waals surface area contributed by atoms with E-state index >= 15 is 0 Å². The third-order valence-corrected chi connectivity index (χ3v) is 4.45. The van der Waals surface area contributed by atoms with Crippen molar-refractivity contribution in [2.45, 2.75) is 51.1 Å². The van der Waals surface area contributed by atoms with E-state index < -0.39 is 0 Å². The average molecular weight is 253 g/mol. The number of rotatable bonds is 3. The second-order valence-corrected chi connectivity index (χ2v) is 5.82. The molecule has 2 rings (SSSR count). The normalized spacial score (nSPS) is 26.6. The van der Waals surface area contributed by atoms with Gasteiger partial charge in [-0.15, -0.1) is 0 Å². The van der Waals surface area contributed by atoms with Crippen molar-refractivity contribution in [1.82, 2.24) is 15.1 Å². The summed E-state index contributed by atoms with van der Waals surface area (Å²) >= 11 is 0. The first-order chi connectivity index (χ1) is 8.66. The molecule has 1 atom stereocenters. The molecule has 1 N–H and O–H groups in total. The molecule has 104 valence electrons. The van der Waals surface area contributed by atoms with E-state index in [4.69, 9.17) is 0 Å². The van der Waals surface area contributed by atoms with Crippen LogP contribution in [0.2, 0.25) is 0 Å². The summed E-state index contributed by atoms with van der Waals surface area (Å²) in [5.74, 6) is 0.227. The van der Waals surface area contributed by atoms with Crippen LogP contribution in [0, 0.1) is 0 Å². The number of carbonyl (C=O) groups is 1. The second-order valence-electron chi connectivity index (χ2n) is 5.82. The number of nitrogens with zero attached hydrogens (tertiary/aromatic N) is 2. The summed E-state index contributed by atoms with van der Waals surface area (Å²) in [5, 5.41) is 3.61. The van der Waals surface area contributed by atoms with E-state index in [2.05, 4.69) is 17.3 Å². The topological polar surface area (TPSA) is 35.6 Å². The first kappa shape index (κ1) is 13.8. The number of likely N-dealkylation sites (N-methyl/N-ethyl adjacent to an activating group) is 1. The van der Waals surface area contributed by atoms with Crippen molar-refractivity contribution in [3.63, 3.8) is 0 Å². The maximum absolute atomic E-state index is 11.3. The Kier molecular flexibility index (Phi) is 5.01. The monoisotopic (exact) mass is 253 g/mol. The van der Waals surface area contributed by atoms with Crippen LogP contribution in [0.15, 0.2) is 0 Å². The highest BCUT2D eigenvalue weighted by Crippen LogP contribution is 2.17. The summed E-state index contributed by atoms with van der Waals surface area (Å²) < 4.78 is 0. The molecule has 4 nitrogen and oxygen atoms in total. The lowest BCUT2D eigenvalue weighted by atomic mass is 10.0. The number of hydrogen-bond donors (Lipinski definition) is 1. The van der Waals surface area contributed by atoms with E-state index in [9.17, 15) is 4.79 Å². The van der Waals surface area contributed by atoms with Crippen molar-refractivity contribution < 1.29 is 4.79 Å². The molecular formula is C14H27N3O. The van der Waals surface area contributed by atoms with Gasteiger partial charge in [0.2, 0.25) is 5.91 Å². The molecule has 4 heteroatoms. The summed E-state index contributed by atoms with van der Waals surface area (Å²) in [7, 11) is 2.24. The summed E-state index contributed by atoms with van der Waals surface area (Å²) in [4.78, 5) is 15.8. The Bertz CT molecular complexity index is 268. The number of hydrogen-bond acceptors (Lipinski definition) is 3. The molecule has 2 heterocycles. The molecular weight excluding hydrogens is 226 g/mol. The molecule has 2 aliphatic heterocycles. The van der Waals surface area contributed by atoms with Crippen molar-refractivity contribution in [3.8, 4) is 0 Å². The van der Waals surface area contributed by atoms with Crippen LogP contribution in [0.1, 0.15) is 39.0 Å². The van der Waals surface area contributed by atoms with Crippen LogP contribution in [0.4, 0.5) is 0 Å². The lowest BCUT2D eigenvalue weighted by Gasteiger charge is -2.38. The molecule has 0 spiro atoms. The van der Waals surface area contributed by atoms with Crippen molar-refractivity contribution in [2.24, 2.45) is 0 Å². The highest BCUT2D eigenvalue weighted by molar-refractivity contribution is 5.73. The molecule has 0 aromatic rings.